The Morgan fingerprint density at radius 1 is 1.13 bits per heavy atom. The lowest BCUT2D eigenvalue weighted by Crippen LogP contribution is -2.05. The van der Waals surface area contributed by atoms with Crippen LogP contribution in [0.4, 0.5) is 5.69 Å². The van der Waals surface area contributed by atoms with Crippen LogP contribution in [0, 0.1) is 5.92 Å². The molecule has 0 radical (unpaired) electrons. The van der Waals surface area contributed by atoms with Gasteiger partial charge in [0.2, 0.25) is 0 Å². The van der Waals surface area contributed by atoms with Crippen molar-refractivity contribution in [3.8, 4) is 0 Å². The third-order valence-corrected chi connectivity index (χ3v) is 3.08. The number of benzene rings is 1. The molecule has 0 amide bonds. The molecule has 1 aromatic carbocycles. The van der Waals surface area contributed by atoms with E-state index in [-0.39, 0.29) is 0 Å². The van der Waals surface area contributed by atoms with Gasteiger partial charge in [0.05, 0.1) is 6.61 Å². The molecule has 2 nitrogen and oxygen atoms in total. The zero-order valence-corrected chi connectivity index (χ0v) is 9.11. The molecule has 0 bridgehead atoms. The van der Waals surface area contributed by atoms with Gasteiger partial charge in [-0.25, -0.2) is 0 Å². The second kappa shape index (κ2) is 5.17. The molecular weight excluding hydrogens is 186 g/mol. The summed E-state index contributed by atoms with van der Waals surface area (Å²) >= 11 is 0. The summed E-state index contributed by atoms with van der Waals surface area (Å²) in [5.41, 5.74) is 7.64. The van der Waals surface area contributed by atoms with Gasteiger partial charge in [-0.05, 0) is 36.5 Å². The first-order valence-electron chi connectivity index (χ1n) is 5.77. The Balaban J connectivity index is 1.71. The molecule has 2 rings (SSSR count). The number of rotatable bonds is 4. The van der Waals surface area contributed by atoms with Crippen LogP contribution in [0.1, 0.15) is 31.2 Å². The van der Waals surface area contributed by atoms with Gasteiger partial charge in [0.25, 0.3) is 0 Å². The average molecular weight is 205 g/mol. The lowest BCUT2D eigenvalue weighted by atomic mass is 10.1. The topological polar surface area (TPSA) is 35.2 Å². The Morgan fingerprint density at radius 3 is 2.47 bits per heavy atom. The van der Waals surface area contributed by atoms with Crippen molar-refractivity contribution in [3.63, 3.8) is 0 Å². The Bertz CT molecular complexity index is 288. The summed E-state index contributed by atoms with van der Waals surface area (Å²) in [6.45, 7) is 1.64. The van der Waals surface area contributed by atoms with Crippen molar-refractivity contribution < 1.29 is 4.74 Å². The molecule has 0 saturated heterocycles. The molecule has 15 heavy (non-hydrogen) atoms. The maximum absolute atomic E-state index is 5.70. The van der Waals surface area contributed by atoms with Crippen molar-refractivity contribution in [2.45, 2.75) is 32.3 Å². The first kappa shape index (κ1) is 10.5. The van der Waals surface area contributed by atoms with Crippen molar-refractivity contribution in [2.75, 3.05) is 12.3 Å². The second-order valence-corrected chi connectivity index (χ2v) is 4.41. The fraction of sp³-hybridized carbons (Fsp3) is 0.538. The average Bonchev–Trinajstić information content (AvgIpc) is 2.74. The number of ether oxygens (including phenoxy) is 1. The second-order valence-electron chi connectivity index (χ2n) is 4.41. The van der Waals surface area contributed by atoms with Crippen molar-refractivity contribution in [1.82, 2.24) is 0 Å². The minimum absolute atomic E-state index is 0.719. The van der Waals surface area contributed by atoms with E-state index in [1.54, 1.807) is 0 Å². The molecule has 0 aromatic heterocycles. The standard InChI is InChI=1S/C13H19NO/c14-13-7-5-12(6-8-13)10-15-9-11-3-1-2-4-11/h5-8,11H,1-4,9-10,14H2. The summed E-state index contributed by atoms with van der Waals surface area (Å²) in [7, 11) is 0. The third kappa shape index (κ3) is 3.24. The van der Waals surface area contributed by atoms with Crippen LogP contribution >= 0.6 is 0 Å². The van der Waals surface area contributed by atoms with Gasteiger partial charge in [0.1, 0.15) is 0 Å². The molecule has 1 aliphatic carbocycles. The molecule has 1 saturated carbocycles. The number of nitrogens with two attached hydrogens (primary N) is 1. The summed E-state index contributed by atoms with van der Waals surface area (Å²) in [6.07, 6.45) is 5.47. The van der Waals surface area contributed by atoms with Gasteiger partial charge < -0.3 is 10.5 Å². The zero-order chi connectivity index (χ0) is 10.5. The van der Waals surface area contributed by atoms with Crippen LogP contribution in [0.3, 0.4) is 0 Å². The largest absolute Gasteiger partial charge is 0.399 e. The van der Waals surface area contributed by atoms with Crippen LogP contribution in [0.15, 0.2) is 24.3 Å². The van der Waals surface area contributed by atoms with Crippen LogP contribution in [-0.2, 0) is 11.3 Å². The maximum atomic E-state index is 5.70. The van der Waals surface area contributed by atoms with Crippen LogP contribution in [-0.4, -0.2) is 6.61 Å². The highest BCUT2D eigenvalue weighted by Gasteiger charge is 2.14. The molecular formula is C13H19NO. The molecule has 1 aliphatic rings. The fourth-order valence-corrected chi connectivity index (χ4v) is 2.13. The summed E-state index contributed by atoms with van der Waals surface area (Å²) in [4.78, 5) is 0. The van der Waals surface area contributed by atoms with E-state index in [2.05, 4.69) is 0 Å². The SMILES string of the molecule is Nc1ccc(COCC2CCCC2)cc1. The molecule has 1 aromatic rings. The summed E-state index contributed by atoms with van der Waals surface area (Å²) in [5.74, 6) is 0.804. The minimum atomic E-state index is 0.719. The highest BCUT2D eigenvalue weighted by atomic mass is 16.5. The van der Waals surface area contributed by atoms with Crippen molar-refractivity contribution in [2.24, 2.45) is 5.92 Å². The lowest BCUT2D eigenvalue weighted by Gasteiger charge is -2.09. The lowest BCUT2D eigenvalue weighted by molar-refractivity contribution is 0.0889. The monoisotopic (exact) mass is 205 g/mol. The van der Waals surface area contributed by atoms with Gasteiger partial charge in [-0.3, -0.25) is 0 Å². The van der Waals surface area contributed by atoms with Crippen LogP contribution < -0.4 is 5.73 Å². The van der Waals surface area contributed by atoms with Gasteiger partial charge in [-0.1, -0.05) is 25.0 Å². The Morgan fingerprint density at radius 2 is 1.80 bits per heavy atom. The smallest absolute Gasteiger partial charge is 0.0717 e. The Kier molecular flexibility index (Phi) is 3.62. The predicted octanol–water partition coefficient (Wildman–Crippen LogP) is 2.98. The molecule has 2 heteroatoms. The Labute approximate surface area is 91.4 Å². The predicted molar refractivity (Wildman–Crippen MR) is 62.5 cm³/mol. The van der Waals surface area contributed by atoms with Gasteiger partial charge in [-0.2, -0.15) is 0 Å². The molecule has 0 aliphatic heterocycles. The summed E-state index contributed by atoms with van der Waals surface area (Å²) in [5, 5.41) is 0. The molecule has 2 N–H and O–H groups in total. The highest BCUT2D eigenvalue weighted by molar-refractivity contribution is 5.39. The van der Waals surface area contributed by atoms with Crippen LogP contribution in [0.2, 0.25) is 0 Å². The van der Waals surface area contributed by atoms with Crippen LogP contribution in [0.5, 0.6) is 0 Å². The van der Waals surface area contributed by atoms with E-state index in [1.165, 1.54) is 31.2 Å². The molecule has 0 unspecified atom stereocenters. The van der Waals surface area contributed by atoms with E-state index in [9.17, 15) is 0 Å². The first-order chi connectivity index (χ1) is 7.34. The van der Waals surface area contributed by atoms with Crippen molar-refractivity contribution in [1.29, 1.82) is 0 Å². The molecule has 1 fully saturated rings. The van der Waals surface area contributed by atoms with Gasteiger partial charge >= 0.3 is 0 Å². The summed E-state index contributed by atoms with van der Waals surface area (Å²) in [6, 6.07) is 7.91. The third-order valence-electron chi connectivity index (χ3n) is 3.08. The molecule has 0 atom stereocenters. The highest BCUT2D eigenvalue weighted by Crippen LogP contribution is 2.24. The number of hydrogen-bond acceptors (Lipinski definition) is 2. The van der Waals surface area contributed by atoms with E-state index in [1.807, 2.05) is 24.3 Å². The minimum Gasteiger partial charge on any atom is -0.399 e. The Hall–Kier alpha value is -1.02. The molecule has 0 spiro atoms. The zero-order valence-electron chi connectivity index (χ0n) is 9.11. The van der Waals surface area contributed by atoms with E-state index < -0.39 is 0 Å². The van der Waals surface area contributed by atoms with E-state index in [0.29, 0.717) is 0 Å². The number of hydrogen-bond donors (Lipinski definition) is 1. The number of anilines is 1. The van der Waals surface area contributed by atoms with Crippen molar-refractivity contribution >= 4 is 5.69 Å². The van der Waals surface area contributed by atoms with Crippen molar-refractivity contribution in [3.05, 3.63) is 29.8 Å². The summed E-state index contributed by atoms with van der Waals surface area (Å²) < 4.78 is 5.70. The van der Waals surface area contributed by atoms with E-state index in [4.69, 9.17) is 10.5 Å². The van der Waals surface area contributed by atoms with Crippen LogP contribution in [0.25, 0.3) is 0 Å². The van der Waals surface area contributed by atoms with Gasteiger partial charge in [-0.15, -0.1) is 0 Å². The quantitative estimate of drug-likeness (QED) is 0.767. The van der Waals surface area contributed by atoms with E-state index in [0.717, 1.165) is 24.8 Å². The number of nitrogen functional groups attached to an aromatic ring is 1. The van der Waals surface area contributed by atoms with E-state index >= 15 is 0 Å². The normalized spacial score (nSPS) is 17.1. The first-order valence-corrected chi connectivity index (χ1v) is 5.77. The van der Waals surface area contributed by atoms with Gasteiger partial charge in [0, 0.05) is 12.3 Å². The maximum Gasteiger partial charge on any atom is 0.0717 e. The molecule has 82 valence electrons. The molecule has 0 heterocycles. The van der Waals surface area contributed by atoms with Gasteiger partial charge in [0.15, 0.2) is 0 Å². The fourth-order valence-electron chi connectivity index (χ4n) is 2.13.